The van der Waals surface area contributed by atoms with Gasteiger partial charge in [0.25, 0.3) is 0 Å². The number of ether oxygens (including phenoxy) is 1. The Morgan fingerprint density at radius 2 is 1.88 bits per heavy atom. The summed E-state index contributed by atoms with van der Waals surface area (Å²) in [4.78, 5) is 26.3. The van der Waals surface area contributed by atoms with Gasteiger partial charge in [0.2, 0.25) is 11.8 Å². The lowest BCUT2D eigenvalue weighted by atomic mass is 10.1. The van der Waals surface area contributed by atoms with E-state index in [0.29, 0.717) is 18.8 Å². The lowest BCUT2D eigenvalue weighted by molar-refractivity contribution is -0.128. The van der Waals surface area contributed by atoms with E-state index in [9.17, 15) is 9.59 Å². The second-order valence-electron chi connectivity index (χ2n) is 5.88. The van der Waals surface area contributed by atoms with E-state index < -0.39 is 0 Å². The van der Waals surface area contributed by atoms with Crippen LogP contribution in [0.5, 0.6) is 5.75 Å². The highest BCUT2D eigenvalue weighted by Crippen LogP contribution is 2.22. The first-order chi connectivity index (χ1) is 11.7. The second kappa shape index (κ2) is 7.17. The van der Waals surface area contributed by atoms with Crippen LogP contribution in [0.15, 0.2) is 54.6 Å². The number of nitrogens with zero attached hydrogens (tertiary/aromatic N) is 1. The lowest BCUT2D eigenvalue weighted by Crippen LogP contribution is -2.28. The highest BCUT2D eigenvalue weighted by Gasteiger charge is 2.34. The monoisotopic (exact) mass is 324 g/mol. The second-order valence-corrected chi connectivity index (χ2v) is 5.88. The topological polar surface area (TPSA) is 58.6 Å². The maximum absolute atomic E-state index is 12.4. The normalized spacial score (nSPS) is 17.0. The zero-order valence-electron chi connectivity index (χ0n) is 13.6. The van der Waals surface area contributed by atoms with Gasteiger partial charge in [-0.1, -0.05) is 30.3 Å². The van der Waals surface area contributed by atoms with Gasteiger partial charge in [-0.25, -0.2) is 0 Å². The van der Waals surface area contributed by atoms with Gasteiger partial charge in [-0.2, -0.15) is 0 Å². The maximum atomic E-state index is 12.4. The molecule has 1 N–H and O–H groups in total. The van der Waals surface area contributed by atoms with Crippen LogP contribution in [0.25, 0.3) is 0 Å². The number of anilines is 1. The Balaban J connectivity index is 1.59. The fourth-order valence-corrected chi connectivity index (χ4v) is 2.82. The molecule has 1 aliphatic heterocycles. The van der Waals surface area contributed by atoms with Crippen molar-refractivity contribution in [2.45, 2.75) is 13.0 Å². The predicted molar refractivity (Wildman–Crippen MR) is 91.6 cm³/mol. The third-order valence-electron chi connectivity index (χ3n) is 4.16. The quantitative estimate of drug-likeness (QED) is 0.920. The molecule has 2 aromatic carbocycles. The highest BCUT2D eigenvalue weighted by atomic mass is 16.5. The molecule has 3 rings (SSSR count). The van der Waals surface area contributed by atoms with Crippen molar-refractivity contribution >= 4 is 17.5 Å². The molecule has 1 saturated heterocycles. The minimum absolute atomic E-state index is 0.0220. The van der Waals surface area contributed by atoms with Crippen LogP contribution in [0.2, 0.25) is 0 Å². The molecule has 1 atom stereocenters. The first-order valence-corrected chi connectivity index (χ1v) is 7.92. The minimum Gasteiger partial charge on any atom is -0.497 e. The summed E-state index contributed by atoms with van der Waals surface area (Å²) in [6.45, 7) is 1.00. The van der Waals surface area contributed by atoms with Gasteiger partial charge in [0.15, 0.2) is 0 Å². The fraction of sp³-hybridized carbons (Fsp3) is 0.263. The largest absolute Gasteiger partial charge is 0.497 e. The van der Waals surface area contributed by atoms with Crippen LogP contribution < -0.4 is 10.1 Å². The van der Waals surface area contributed by atoms with Crippen LogP contribution >= 0.6 is 0 Å². The summed E-state index contributed by atoms with van der Waals surface area (Å²) in [5.74, 6) is 0.319. The summed E-state index contributed by atoms with van der Waals surface area (Å²) in [5, 5.41) is 2.87. The molecule has 124 valence electrons. The number of carbonyl (C=O) groups excluding carboxylic acids is 2. The van der Waals surface area contributed by atoms with Gasteiger partial charge in [-0.15, -0.1) is 0 Å². The fourth-order valence-electron chi connectivity index (χ4n) is 2.82. The highest BCUT2D eigenvalue weighted by molar-refractivity contribution is 5.97. The van der Waals surface area contributed by atoms with Crippen molar-refractivity contribution in [1.29, 1.82) is 0 Å². The zero-order chi connectivity index (χ0) is 16.9. The van der Waals surface area contributed by atoms with Crippen LogP contribution in [0, 0.1) is 5.92 Å². The van der Waals surface area contributed by atoms with Crippen LogP contribution in [-0.2, 0) is 16.1 Å². The van der Waals surface area contributed by atoms with Gasteiger partial charge in [-0.3, -0.25) is 9.59 Å². The van der Waals surface area contributed by atoms with Crippen LogP contribution in [0.4, 0.5) is 5.69 Å². The minimum atomic E-state index is -0.316. The summed E-state index contributed by atoms with van der Waals surface area (Å²) < 4.78 is 5.09. The molecule has 1 unspecified atom stereocenters. The number of rotatable bonds is 5. The molecule has 0 aliphatic carbocycles. The molecule has 2 amide bonds. The Bertz CT molecular complexity index is 713. The number of methoxy groups -OCH3 is 1. The molecule has 0 aromatic heterocycles. The molecule has 1 aliphatic rings. The number of benzene rings is 2. The van der Waals surface area contributed by atoms with E-state index >= 15 is 0 Å². The summed E-state index contributed by atoms with van der Waals surface area (Å²) in [7, 11) is 1.60. The summed E-state index contributed by atoms with van der Waals surface area (Å²) in [5.41, 5.74) is 1.77. The molecule has 0 saturated carbocycles. The molecule has 24 heavy (non-hydrogen) atoms. The predicted octanol–water partition coefficient (Wildman–Crippen LogP) is 2.68. The molecule has 2 aromatic rings. The van der Waals surface area contributed by atoms with E-state index in [0.717, 1.165) is 11.3 Å². The number of nitrogens with one attached hydrogen (secondary N) is 1. The Morgan fingerprint density at radius 1 is 1.17 bits per heavy atom. The molecule has 0 spiro atoms. The molecule has 1 heterocycles. The third-order valence-corrected chi connectivity index (χ3v) is 4.16. The Morgan fingerprint density at radius 3 is 2.54 bits per heavy atom. The van der Waals surface area contributed by atoms with E-state index in [1.807, 2.05) is 30.3 Å². The SMILES string of the molecule is COc1ccc(NC(=O)C2CC(=O)N(Cc3ccccc3)C2)cc1. The smallest absolute Gasteiger partial charge is 0.229 e. The maximum Gasteiger partial charge on any atom is 0.229 e. The average molecular weight is 324 g/mol. The van der Waals surface area contributed by atoms with Gasteiger partial charge in [0.1, 0.15) is 5.75 Å². The molecule has 0 radical (unpaired) electrons. The van der Waals surface area contributed by atoms with Gasteiger partial charge in [0, 0.05) is 25.2 Å². The Kier molecular flexibility index (Phi) is 4.79. The van der Waals surface area contributed by atoms with Crippen molar-refractivity contribution in [3.63, 3.8) is 0 Å². The van der Waals surface area contributed by atoms with Crippen LogP contribution in [-0.4, -0.2) is 30.4 Å². The van der Waals surface area contributed by atoms with E-state index in [1.165, 1.54) is 0 Å². The Hall–Kier alpha value is -2.82. The van der Waals surface area contributed by atoms with E-state index in [-0.39, 0.29) is 24.2 Å². The van der Waals surface area contributed by atoms with Crippen LogP contribution in [0.3, 0.4) is 0 Å². The number of hydrogen-bond acceptors (Lipinski definition) is 3. The van der Waals surface area contributed by atoms with Gasteiger partial charge >= 0.3 is 0 Å². The molecular formula is C19H20N2O3. The summed E-state index contributed by atoms with van der Waals surface area (Å²) >= 11 is 0. The first-order valence-electron chi connectivity index (χ1n) is 7.92. The third kappa shape index (κ3) is 3.74. The Labute approximate surface area is 141 Å². The number of likely N-dealkylation sites (tertiary alicyclic amines) is 1. The summed E-state index contributed by atoms with van der Waals surface area (Å²) in [6.07, 6.45) is 0.259. The van der Waals surface area contributed by atoms with Crippen molar-refractivity contribution in [3.8, 4) is 5.75 Å². The van der Waals surface area contributed by atoms with Crippen molar-refractivity contribution in [3.05, 3.63) is 60.2 Å². The molecule has 0 bridgehead atoms. The van der Waals surface area contributed by atoms with Gasteiger partial charge in [-0.05, 0) is 29.8 Å². The van der Waals surface area contributed by atoms with Gasteiger partial charge < -0.3 is 15.0 Å². The van der Waals surface area contributed by atoms with Crippen LogP contribution in [0.1, 0.15) is 12.0 Å². The number of carbonyl (C=O) groups is 2. The van der Waals surface area contributed by atoms with Crippen molar-refractivity contribution in [2.75, 3.05) is 19.0 Å². The lowest BCUT2D eigenvalue weighted by Gasteiger charge is -2.16. The molecule has 5 nitrogen and oxygen atoms in total. The molecule has 1 fully saturated rings. The zero-order valence-corrected chi connectivity index (χ0v) is 13.6. The van der Waals surface area contributed by atoms with E-state index in [2.05, 4.69) is 5.32 Å². The number of amides is 2. The van der Waals surface area contributed by atoms with Crippen molar-refractivity contribution in [2.24, 2.45) is 5.92 Å². The summed E-state index contributed by atoms with van der Waals surface area (Å²) in [6, 6.07) is 17.0. The van der Waals surface area contributed by atoms with Gasteiger partial charge in [0.05, 0.1) is 13.0 Å². The average Bonchev–Trinajstić information content (AvgIpc) is 2.97. The standard InChI is InChI=1S/C19H20N2O3/c1-24-17-9-7-16(8-10-17)20-19(23)15-11-18(22)21(13-15)12-14-5-3-2-4-6-14/h2-10,15H,11-13H2,1H3,(H,20,23). The van der Waals surface area contributed by atoms with Crippen molar-refractivity contribution in [1.82, 2.24) is 4.90 Å². The molecule has 5 heteroatoms. The van der Waals surface area contributed by atoms with Crippen molar-refractivity contribution < 1.29 is 14.3 Å². The van der Waals surface area contributed by atoms with E-state index in [1.54, 1.807) is 36.3 Å². The van der Waals surface area contributed by atoms with E-state index in [4.69, 9.17) is 4.74 Å². The number of hydrogen-bond donors (Lipinski definition) is 1. The first kappa shape index (κ1) is 16.1. The molecular weight excluding hydrogens is 304 g/mol.